The van der Waals surface area contributed by atoms with Crippen LogP contribution in [-0.4, -0.2) is 15.5 Å². The Bertz CT molecular complexity index is 903. The monoisotopic (exact) mass is 337 g/mol. The quantitative estimate of drug-likeness (QED) is 0.786. The Balaban J connectivity index is 1.48. The largest absolute Gasteiger partial charge is 0.352 e. The van der Waals surface area contributed by atoms with Gasteiger partial charge in [-0.05, 0) is 23.3 Å². The number of amides is 1. The van der Waals surface area contributed by atoms with Gasteiger partial charge in [-0.15, -0.1) is 0 Å². The second-order valence-corrected chi connectivity index (χ2v) is 6.34. The molecule has 3 aromatic rings. The van der Waals surface area contributed by atoms with E-state index in [-0.39, 0.29) is 11.9 Å². The maximum Gasteiger partial charge on any atom is 0.222 e. The van der Waals surface area contributed by atoms with Gasteiger partial charge in [-0.3, -0.25) is 4.79 Å². The Morgan fingerprint density at radius 1 is 1.21 bits per heavy atom. The molecule has 1 aromatic heterocycles. The van der Waals surface area contributed by atoms with E-state index < -0.39 is 0 Å². The minimum Gasteiger partial charge on any atom is -0.352 e. The van der Waals surface area contributed by atoms with Gasteiger partial charge in [0.15, 0.2) is 0 Å². The van der Waals surface area contributed by atoms with E-state index in [9.17, 15) is 4.79 Å². The number of fused-ring (bicyclic) bond motifs is 3. The molecular formula is C19H16ClN3O. The summed E-state index contributed by atoms with van der Waals surface area (Å²) in [5.74, 6) is 0.0105. The Morgan fingerprint density at radius 2 is 2.08 bits per heavy atom. The fourth-order valence-corrected chi connectivity index (χ4v) is 3.45. The van der Waals surface area contributed by atoms with E-state index in [1.54, 1.807) is 6.33 Å². The summed E-state index contributed by atoms with van der Waals surface area (Å²) >= 11 is 5.97. The zero-order valence-corrected chi connectivity index (χ0v) is 13.7. The van der Waals surface area contributed by atoms with Crippen molar-refractivity contribution in [1.82, 2.24) is 14.9 Å². The molecule has 5 heteroatoms. The molecule has 0 bridgehead atoms. The number of benzene rings is 2. The number of nitrogens with one attached hydrogen (secondary N) is 1. The molecule has 4 nitrogen and oxygen atoms in total. The zero-order valence-electron chi connectivity index (χ0n) is 12.9. The van der Waals surface area contributed by atoms with Crippen LogP contribution in [0, 0.1) is 0 Å². The predicted octanol–water partition coefficient (Wildman–Crippen LogP) is 3.81. The molecule has 120 valence electrons. The van der Waals surface area contributed by atoms with Gasteiger partial charge in [-0.1, -0.05) is 48.0 Å². The molecule has 1 aliphatic rings. The van der Waals surface area contributed by atoms with Gasteiger partial charge in [-0.2, -0.15) is 0 Å². The van der Waals surface area contributed by atoms with Gasteiger partial charge in [-0.25, -0.2) is 4.98 Å². The summed E-state index contributed by atoms with van der Waals surface area (Å²) in [5, 5.41) is 3.65. The number of carbonyl (C=O) groups is 1. The van der Waals surface area contributed by atoms with Crippen molar-refractivity contribution in [3.05, 3.63) is 77.2 Å². The highest BCUT2D eigenvalue weighted by atomic mass is 35.5. The van der Waals surface area contributed by atoms with E-state index in [0.29, 0.717) is 18.0 Å². The fourth-order valence-electron chi connectivity index (χ4n) is 3.24. The minimum atomic E-state index is -0.00180. The number of aromatic nitrogens is 2. The molecular weight excluding hydrogens is 322 g/mol. The lowest BCUT2D eigenvalue weighted by Crippen LogP contribution is -2.25. The third kappa shape index (κ3) is 2.69. The van der Waals surface area contributed by atoms with E-state index in [1.807, 2.05) is 42.6 Å². The van der Waals surface area contributed by atoms with E-state index in [0.717, 1.165) is 16.8 Å². The van der Waals surface area contributed by atoms with Crippen LogP contribution in [0.5, 0.6) is 0 Å². The Morgan fingerprint density at radius 3 is 2.96 bits per heavy atom. The maximum atomic E-state index is 12.4. The number of halogens is 1. The number of hydrogen-bond acceptors (Lipinski definition) is 2. The van der Waals surface area contributed by atoms with Gasteiger partial charge in [0.05, 0.1) is 30.7 Å². The number of imidazole rings is 1. The van der Waals surface area contributed by atoms with E-state index in [4.69, 9.17) is 11.6 Å². The van der Waals surface area contributed by atoms with Gasteiger partial charge in [0.1, 0.15) is 0 Å². The average molecular weight is 338 g/mol. The highest BCUT2D eigenvalue weighted by Gasteiger charge is 2.29. The van der Waals surface area contributed by atoms with Crippen LogP contribution in [0.4, 0.5) is 0 Å². The summed E-state index contributed by atoms with van der Waals surface area (Å²) in [6.45, 7) is 0.477. The van der Waals surface area contributed by atoms with Crippen LogP contribution in [0.1, 0.15) is 23.6 Å². The highest BCUT2D eigenvalue weighted by molar-refractivity contribution is 6.30. The predicted molar refractivity (Wildman–Crippen MR) is 93.7 cm³/mol. The zero-order chi connectivity index (χ0) is 16.5. The van der Waals surface area contributed by atoms with Crippen molar-refractivity contribution in [2.24, 2.45) is 0 Å². The Hall–Kier alpha value is -2.59. The van der Waals surface area contributed by atoms with E-state index >= 15 is 0 Å². The van der Waals surface area contributed by atoms with Crippen LogP contribution < -0.4 is 5.32 Å². The van der Waals surface area contributed by atoms with Gasteiger partial charge in [0, 0.05) is 17.1 Å². The van der Waals surface area contributed by atoms with Crippen LogP contribution in [0.15, 0.2) is 61.1 Å². The molecule has 0 saturated heterocycles. The smallest absolute Gasteiger partial charge is 0.222 e. The SMILES string of the molecule is O=C(CC1c2ccccc2-c2cncn21)NCc1cccc(Cl)c1. The average Bonchev–Trinajstić information content (AvgIpc) is 3.16. The van der Waals surface area contributed by atoms with Crippen LogP contribution in [0.2, 0.25) is 5.02 Å². The molecule has 1 aliphatic heterocycles. The molecule has 0 saturated carbocycles. The summed E-state index contributed by atoms with van der Waals surface area (Å²) in [7, 11) is 0. The standard InChI is InChI=1S/C19H16ClN3O/c20-14-5-3-4-13(8-14)10-22-19(24)9-17-15-6-1-2-7-16(15)18-11-21-12-23(17)18/h1-8,11-12,17H,9-10H2,(H,22,24). The van der Waals surface area contributed by atoms with Crippen LogP contribution >= 0.6 is 11.6 Å². The molecule has 0 spiro atoms. The van der Waals surface area contributed by atoms with Crippen molar-refractivity contribution in [2.75, 3.05) is 0 Å². The number of rotatable bonds is 4. The lowest BCUT2D eigenvalue weighted by Gasteiger charge is -2.14. The van der Waals surface area contributed by atoms with Crippen molar-refractivity contribution in [1.29, 1.82) is 0 Å². The van der Waals surface area contributed by atoms with Crippen molar-refractivity contribution >= 4 is 17.5 Å². The first-order valence-electron chi connectivity index (χ1n) is 7.84. The van der Waals surface area contributed by atoms with Crippen molar-refractivity contribution < 1.29 is 4.79 Å². The third-order valence-electron chi connectivity index (χ3n) is 4.36. The van der Waals surface area contributed by atoms with E-state index in [2.05, 4.69) is 27.0 Å². The summed E-state index contributed by atoms with van der Waals surface area (Å²) in [6, 6.07) is 15.7. The molecule has 0 fully saturated rings. The molecule has 24 heavy (non-hydrogen) atoms. The van der Waals surface area contributed by atoms with Crippen molar-refractivity contribution in [2.45, 2.75) is 19.0 Å². The van der Waals surface area contributed by atoms with Gasteiger partial charge < -0.3 is 9.88 Å². The molecule has 1 amide bonds. The van der Waals surface area contributed by atoms with Crippen molar-refractivity contribution in [3.63, 3.8) is 0 Å². The first-order chi connectivity index (χ1) is 11.7. The van der Waals surface area contributed by atoms with Gasteiger partial charge in [0.2, 0.25) is 5.91 Å². The molecule has 1 unspecified atom stereocenters. The summed E-state index contributed by atoms with van der Waals surface area (Å²) in [5.41, 5.74) is 4.39. The highest BCUT2D eigenvalue weighted by Crippen LogP contribution is 2.40. The molecule has 0 aliphatic carbocycles. The number of carbonyl (C=O) groups excluding carboxylic acids is 1. The Kier molecular flexibility index (Phi) is 3.82. The molecule has 2 aromatic carbocycles. The second kappa shape index (κ2) is 6.13. The van der Waals surface area contributed by atoms with Crippen molar-refractivity contribution in [3.8, 4) is 11.3 Å². The maximum absolute atomic E-state index is 12.4. The minimum absolute atomic E-state index is 0.00180. The fraction of sp³-hybridized carbons (Fsp3) is 0.158. The van der Waals surface area contributed by atoms with Gasteiger partial charge >= 0.3 is 0 Å². The molecule has 2 heterocycles. The first-order valence-corrected chi connectivity index (χ1v) is 8.22. The lowest BCUT2D eigenvalue weighted by atomic mass is 10.0. The normalized spacial score (nSPS) is 15.0. The Labute approximate surface area is 145 Å². The first kappa shape index (κ1) is 15.0. The molecule has 1 atom stereocenters. The lowest BCUT2D eigenvalue weighted by molar-refractivity contribution is -0.121. The summed E-state index contributed by atoms with van der Waals surface area (Å²) < 4.78 is 2.07. The summed E-state index contributed by atoms with van der Waals surface area (Å²) in [4.78, 5) is 16.6. The number of hydrogen-bond donors (Lipinski definition) is 1. The number of nitrogens with zero attached hydrogens (tertiary/aromatic N) is 2. The van der Waals surface area contributed by atoms with Crippen LogP contribution in [-0.2, 0) is 11.3 Å². The molecule has 1 N–H and O–H groups in total. The van der Waals surface area contributed by atoms with Crippen LogP contribution in [0.25, 0.3) is 11.3 Å². The van der Waals surface area contributed by atoms with Gasteiger partial charge in [0.25, 0.3) is 0 Å². The van der Waals surface area contributed by atoms with Crippen LogP contribution in [0.3, 0.4) is 0 Å². The summed E-state index contributed by atoms with van der Waals surface area (Å²) in [6.07, 6.45) is 4.04. The molecule has 0 radical (unpaired) electrons. The third-order valence-corrected chi connectivity index (χ3v) is 4.59. The topological polar surface area (TPSA) is 46.9 Å². The van der Waals surface area contributed by atoms with E-state index in [1.165, 1.54) is 5.56 Å². The second-order valence-electron chi connectivity index (χ2n) is 5.90. The molecule has 4 rings (SSSR count).